The number of hydrogen-bond acceptors (Lipinski definition) is 2. The van der Waals surface area contributed by atoms with E-state index in [1.165, 1.54) is 55.8 Å². The van der Waals surface area contributed by atoms with Crippen molar-refractivity contribution in [1.29, 1.82) is 0 Å². The van der Waals surface area contributed by atoms with Gasteiger partial charge in [-0.1, -0.05) is 36.4 Å². The largest absolute Gasteiger partial charge is 0.390 e. The summed E-state index contributed by atoms with van der Waals surface area (Å²) in [6, 6.07) is 19.0. The lowest BCUT2D eigenvalue weighted by molar-refractivity contribution is 0.117. The number of benzene rings is 2. The molecule has 30 heavy (non-hydrogen) atoms. The molecule has 1 N–H and O–H groups in total. The Bertz CT molecular complexity index is 1060. The third-order valence-electron chi connectivity index (χ3n) is 8.08. The highest BCUT2D eigenvalue weighted by Crippen LogP contribution is 2.47. The van der Waals surface area contributed by atoms with Crippen LogP contribution in [0, 0.1) is 0 Å². The van der Waals surface area contributed by atoms with E-state index >= 15 is 0 Å². The highest BCUT2D eigenvalue weighted by atomic mass is 16.3. The van der Waals surface area contributed by atoms with Crippen LogP contribution in [-0.2, 0) is 13.0 Å². The van der Waals surface area contributed by atoms with E-state index in [2.05, 4.69) is 58.0 Å². The van der Waals surface area contributed by atoms with Gasteiger partial charge in [0.15, 0.2) is 0 Å². The van der Waals surface area contributed by atoms with Crippen LogP contribution in [0.4, 0.5) is 0 Å². The standard InChI is InChI=1S/C27H32N2O/c30-18-23-17-21-5-1-2-10-25(21)29(23)22-13-15-28(16-14-22)26-12-11-20-7-3-6-19-8-4-9-24(26)27(19)20/h1-2,4-5,8-10,17,20,22,26,30H,3,6-7,11-16,18H2/t20-,26+/m1/s1. The molecule has 0 saturated carbocycles. The summed E-state index contributed by atoms with van der Waals surface area (Å²) < 4.78 is 2.42. The van der Waals surface area contributed by atoms with E-state index in [-0.39, 0.29) is 6.61 Å². The van der Waals surface area contributed by atoms with Crippen molar-refractivity contribution in [3.05, 3.63) is 70.9 Å². The van der Waals surface area contributed by atoms with Gasteiger partial charge >= 0.3 is 0 Å². The van der Waals surface area contributed by atoms with Crippen molar-refractivity contribution in [2.45, 2.75) is 69.6 Å². The van der Waals surface area contributed by atoms with E-state index in [4.69, 9.17) is 0 Å². The number of rotatable bonds is 3. The number of aliphatic hydroxyl groups excluding tert-OH is 1. The van der Waals surface area contributed by atoms with Crippen LogP contribution < -0.4 is 0 Å². The fourth-order valence-corrected chi connectivity index (χ4v) is 6.75. The van der Waals surface area contributed by atoms with Crippen molar-refractivity contribution in [1.82, 2.24) is 9.47 Å². The molecule has 3 aromatic rings. The number of nitrogens with zero attached hydrogens (tertiary/aromatic N) is 2. The van der Waals surface area contributed by atoms with Crippen molar-refractivity contribution >= 4 is 10.9 Å². The molecule has 1 saturated heterocycles. The Hall–Kier alpha value is -2.10. The molecule has 156 valence electrons. The van der Waals surface area contributed by atoms with E-state index in [1.807, 2.05) is 0 Å². The van der Waals surface area contributed by atoms with Crippen LogP contribution >= 0.6 is 0 Å². The lowest BCUT2D eigenvalue weighted by Gasteiger charge is -2.44. The average molecular weight is 401 g/mol. The van der Waals surface area contributed by atoms with Gasteiger partial charge < -0.3 is 9.67 Å². The first-order valence-corrected chi connectivity index (χ1v) is 11.9. The summed E-state index contributed by atoms with van der Waals surface area (Å²) >= 11 is 0. The van der Waals surface area contributed by atoms with Gasteiger partial charge in [-0.05, 0) is 85.1 Å². The minimum absolute atomic E-state index is 0.120. The van der Waals surface area contributed by atoms with Crippen molar-refractivity contribution in [2.24, 2.45) is 0 Å². The molecule has 1 aromatic heterocycles. The second-order valence-corrected chi connectivity index (χ2v) is 9.59. The molecule has 3 heteroatoms. The Morgan fingerprint density at radius 2 is 1.77 bits per heavy atom. The van der Waals surface area contributed by atoms with Gasteiger partial charge in [-0.3, -0.25) is 4.90 Å². The van der Waals surface area contributed by atoms with Crippen LogP contribution in [0.2, 0.25) is 0 Å². The molecule has 0 amide bonds. The predicted octanol–water partition coefficient (Wildman–Crippen LogP) is 5.73. The predicted molar refractivity (Wildman–Crippen MR) is 122 cm³/mol. The maximum absolute atomic E-state index is 9.96. The van der Waals surface area contributed by atoms with Gasteiger partial charge in [0, 0.05) is 36.4 Å². The number of aliphatic hydroxyl groups is 1. The Kier molecular flexibility index (Phi) is 4.69. The molecule has 2 aromatic carbocycles. The Labute approximate surface area is 179 Å². The van der Waals surface area contributed by atoms with Crippen molar-refractivity contribution in [3.63, 3.8) is 0 Å². The number of para-hydroxylation sites is 1. The normalized spacial score (nSPS) is 24.8. The fourth-order valence-electron chi connectivity index (χ4n) is 6.75. The molecule has 2 aliphatic carbocycles. The van der Waals surface area contributed by atoms with Gasteiger partial charge in [-0.25, -0.2) is 0 Å². The molecular formula is C27H32N2O. The first-order valence-electron chi connectivity index (χ1n) is 11.9. The van der Waals surface area contributed by atoms with E-state index in [0.29, 0.717) is 12.1 Å². The van der Waals surface area contributed by atoms with Gasteiger partial charge in [0.2, 0.25) is 0 Å². The minimum atomic E-state index is 0.120. The van der Waals surface area contributed by atoms with Crippen LogP contribution in [0.15, 0.2) is 48.5 Å². The molecule has 0 bridgehead atoms. The molecule has 2 heterocycles. The average Bonchev–Trinajstić information content (AvgIpc) is 3.19. The van der Waals surface area contributed by atoms with Crippen molar-refractivity contribution in [2.75, 3.05) is 13.1 Å². The van der Waals surface area contributed by atoms with E-state index in [0.717, 1.165) is 24.7 Å². The van der Waals surface area contributed by atoms with Crippen LogP contribution in [0.3, 0.4) is 0 Å². The van der Waals surface area contributed by atoms with E-state index < -0.39 is 0 Å². The maximum Gasteiger partial charge on any atom is 0.0833 e. The molecule has 0 unspecified atom stereocenters. The Morgan fingerprint density at radius 1 is 0.900 bits per heavy atom. The van der Waals surface area contributed by atoms with E-state index in [1.54, 1.807) is 16.7 Å². The molecule has 3 aliphatic rings. The number of piperidine rings is 1. The quantitative estimate of drug-likeness (QED) is 0.608. The van der Waals surface area contributed by atoms with Gasteiger partial charge in [0.1, 0.15) is 0 Å². The Balaban J connectivity index is 1.25. The fraction of sp³-hybridized carbons (Fsp3) is 0.481. The number of likely N-dealkylation sites (tertiary alicyclic amines) is 1. The maximum atomic E-state index is 9.96. The molecule has 1 aliphatic heterocycles. The van der Waals surface area contributed by atoms with Crippen LogP contribution in [0.1, 0.15) is 78.9 Å². The number of aromatic nitrogens is 1. The third-order valence-corrected chi connectivity index (χ3v) is 8.08. The smallest absolute Gasteiger partial charge is 0.0833 e. The van der Waals surface area contributed by atoms with E-state index in [9.17, 15) is 5.11 Å². The summed E-state index contributed by atoms with van der Waals surface area (Å²) in [6.45, 7) is 2.43. The molecule has 1 fully saturated rings. The van der Waals surface area contributed by atoms with Gasteiger partial charge in [-0.2, -0.15) is 0 Å². The molecular weight excluding hydrogens is 368 g/mol. The van der Waals surface area contributed by atoms with Gasteiger partial charge in [0.05, 0.1) is 6.61 Å². The number of fused-ring (bicyclic) bond motifs is 1. The monoisotopic (exact) mass is 400 g/mol. The SMILES string of the molecule is OCc1cc2ccccc2n1C1CCN([C@H]2CC[C@H]3CCCc4cccc2c43)CC1. The molecule has 3 nitrogen and oxygen atoms in total. The summed E-state index contributed by atoms with van der Waals surface area (Å²) in [6.07, 6.45) is 9.06. The second kappa shape index (κ2) is 7.55. The zero-order valence-electron chi connectivity index (χ0n) is 17.8. The Morgan fingerprint density at radius 3 is 2.63 bits per heavy atom. The first-order chi connectivity index (χ1) is 14.8. The molecule has 6 rings (SSSR count). The van der Waals surface area contributed by atoms with Crippen LogP contribution in [0.5, 0.6) is 0 Å². The molecule has 0 radical (unpaired) electrons. The number of hydrogen-bond donors (Lipinski definition) is 1. The summed E-state index contributed by atoms with van der Waals surface area (Å²) in [5.41, 5.74) is 7.34. The highest BCUT2D eigenvalue weighted by molar-refractivity contribution is 5.81. The minimum Gasteiger partial charge on any atom is -0.390 e. The van der Waals surface area contributed by atoms with Crippen LogP contribution in [-0.4, -0.2) is 27.7 Å². The number of aryl methyl sites for hydroxylation is 1. The topological polar surface area (TPSA) is 28.4 Å². The molecule has 0 spiro atoms. The van der Waals surface area contributed by atoms with Crippen molar-refractivity contribution < 1.29 is 5.11 Å². The first kappa shape index (κ1) is 18.7. The zero-order chi connectivity index (χ0) is 20.1. The van der Waals surface area contributed by atoms with Gasteiger partial charge in [0.25, 0.3) is 0 Å². The highest BCUT2D eigenvalue weighted by Gasteiger charge is 2.35. The van der Waals surface area contributed by atoms with Crippen LogP contribution in [0.25, 0.3) is 10.9 Å². The van der Waals surface area contributed by atoms with Gasteiger partial charge in [-0.15, -0.1) is 0 Å². The third kappa shape index (κ3) is 2.94. The second-order valence-electron chi connectivity index (χ2n) is 9.59. The van der Waals surface area contributed by atoms with Crippen molar-refractivity contribution in [3.8, 4) is 0 Å². The zero-order valence-corrected chi connectivity index (χ0v) is 17.8. The summed E-state index contributed by atoms with van der Waals surface area (Å²) in [7, 11) is 0. The summed E-state index contributed by atoms with van der Waals surface area (Å²) in [5, 5.41) is 11.2. The summed E-state index contributed by atoms with van der Waals surface area (Å²) in [4.78, 5) is 2.77. The molecule has 2 atom stereocenters. The summed E-state index contributed by atoms with van der Waals surface area (Å²) in [5.74, 6) is 0.817. The lowest BCUT2D eigenvalue weighted by Crippen LogP contribution is -2.39. The lowest BCUT2D eigenvalue weighted by atomic mass is 9.71.